The number of halogens is 2. The molecule has 1 aromatic rings. The fourth-order valence-corrected chi connectivity index (χ4v) is 2.52. The number of rotatable bonds is 3. The van der Waals surface area contributed by atoms with Crippen molar-refractivity contribution >= 4 is 39.0 Å². The van der Waals surface area contributed by atoms with E-state index in [-0.39, 0.29) is 9.92 Å². The van der Waals surface area contributed by atoms with E-state index in [2.05, 4.69) is 0 Å². The molecule has 0 aliphatic rings. The van der Waals surface area contributed by atoms with Gasteiger partial charge in [0.15, 0.2) is 0 Å². The predicted molar refractivity (Wildman–Crippen MR) is 55.9 cm³/mol. The summed E-state index contributed by atoms with van der Waals surface area (Å²) in [6.07, 6.45) is 0. The van der Waals surface area contributed by atoms with Gasteiger partial charge in [-0.15, -0.1) is 0 Å². The van der Waals surface area contributed by atoms with Crippen LogP contribution in [-0.4, -0.2) is 24.2 Å². The number of sulfone groups is 1. The molecule has 0 aliphatic carbocycles. The highest BCUT2D eigenvalue weighted by Gasteiger charge is 2.31. The Balaban J connectivity index is 3.23. The van der Waals surface area contributed by atoms with E-state index in [1.54, 1.807) is 0 Å². The van der Waals surface area contributed by atoms with Crippen molar-refractivity contribution in [2.45, 2.75) is 9.60 Å². The van der Waals surface area contributed by atoms with Gasteiger partial charge in [-0.3, -0.25) is 0 Å². The van der Waals surface area contributed by atoms with E-state index in [0.717, 1.165) is 6.07 Å². The average molecular weight is 269 g/mol. The van der Waals surface area contributed by atoms with Crippen molar-refractivity contribution in [3.05, 3.63) is 29.3 Å². The van der Waals surface area contributed by atoms with E-state index in [0.29, 0.717) is 0 Å². The van der Waals surface area contributed by atoms with E-state index >= 15 is 0 Å². The van der Waals surface area contributed by atoms with Gasteiger partial charge in [-0.05, 0) is 18.2 Å². The molecular formula is C8H6Cl2O4S. The molecule has 1 unspecified atom stereocenters. The van der Waals surface area contributed by atoms with E-state index in [1.165, 1.54) is 18.2 Å². The molecule has 0 amide bonds. The summed E-state index contributed by atoms with van der Waals surface area (Å²) in [5.74, 6) is -1.61. The Morgan fingerprint density at radius 2 is 2.00 bits per heavy atom. The Morgan fingerprint density at radius 1 is 1.40 bits per heavy atom. The van der Waals surface area contributed by atoms with E-state index in [4.69, 9.17) is 28.3 Å². The van der Waals surface area contributed by atoms with Crippen LogP contribution < -0.4 is 0 Å². The van der Waals surface area contributed by atoms with Crippen LogP contribution in [0.15, 0.2) is 29.2 Å². The zero-order valence-corrected chi connectivity index (χ0v) is 9.55. The van der Waals surface area contributed by atoms with Crippen LogP contribution in [-0.2, 0) is 14.6 Å². The highest BCUT2D eigenvalue weighted by Crippen LogP contribution is 2.21. The number of carbonyl (C=O) groups is 1. The highest BCUT2D eigenvalue weighted by molar-refractivity contribution is 7.94. The van der Waals surface area contributed by atoms with E-state index in [9.17, 15) is 13.2 Å². The summed E-state index contributed by atoms with van der Waals surface area (Å²) in [6, 6.07) is 5.26. The number of hydrogen-bond donors (Lipinski definition) is 1. The third-order valence-corrected chi connectivity index (χ3v) is 4.37. The Kier molecular flexibility index (Phi) is 3.59. The van der Waals surface area contributed by atoms with Crippen LogP contribution in [0.5, 0.6) is 0 Å². The van der Waals surface area contributed by atoms with Crippen molar-refractivity contribution in [1.29, 1.82) is 0 Å². The Labute approximate surface area is 96.3 Å². The molecule has 4 nitrogen and oxygen atoms in total. The largest absolute Gasteiger partial charge is 0.479 e. The quantitative estimate of drug-likeness (QED) is 0.849. The molecule has 0 saturated carbocycles. The summed E-state index contributed by atoms with van der Waals surface area (Å²) in [4.78, 5) is 10.2. The predicted octanol–water partition coefficient (Wildman–Crippen LogP) is 1.76. The topological polar surface area (TPSA) is 71.4 Å². The first kappa shape index (κ1) is 12.3. The van der Waals surface area contributed by atoms with Crippen molar-refractivity contribution in [2.75, 3.05) is 0 Å². The summed E-state index contributed by atoms with van der Waals surface area (Å²) in [6.45, 7) is 0. The van der Waals surface area contributed by atoms with Gasteiger partial charge in [0.25, 0.3) is 0 Å². The monoisotopic (exact) mass is 268 g/mol. The second kappa shape index (κ2) is 4.38. The average Bonchev–Trinajstić information content (AvgIpc) is 2.16. The molecule has 1 N–H and O–H groups in total. The van der Waals surface area contributed by atoms with E-state index in [1.807, 2.05) is 0 Å². The van der Waals surface area contributed by atoms with Gasteiger partial charge in [-0.25, -0.2) is 13.2 Å². The maximum absolute atomic E-state index is 11.6. The molecule has 0 aromatic heterocycles. The SMILES string of the molecule is O=C(O)C(Cl)S(=O)(=O)c1cccc(Cl)c1. The first-order valence-electron chi connectivity index (χ1n) is 3.72. The van der Waals surface area contributed by atoms with Crippen molar-refractivity contribution in [3.63, 3.8) is 0 Å². The minimum Gasteiger partial charge on any atom is -0.479 e. The van der Waals surface area contributed by atoms with Crippen LogP contribution in [0.25, 0.3) is 0 Å². The molecule has 0 fully saturated rings. The number of aliphatic carboxylic acids is 1. The smallest absolute Gasteiger partial charge is 0.337 e. The number of alkyl halides is 1. The lowest BCUT2D eigenvalue weighted by Crippen LogP contribution is -2.24. The summed E-state index contributed by atoms with van der Waals surface area (Å²) in [5, 5.41) is 8.70. The second-order valence-corrected chi connectivity index (χ2v) is 5.82. The fraction of sp³-hybridized carbons (Fsp3) is 0.125. The van der Waals surface area contributed by atoms with E-state index < -0.39 is 20.5 Å². The van der Waals surface area contributed by atoms with Crippen LogP contribution >= 0.6 is 23.2 Å². The number of carboxylic acids is 1. The van der Waals surface area contributed by atoms with Crippen molar-refractivity contribution in [2.24, 2.45) is 0 Å². The molecule has 0 bridgehead atoms. The number of carboxylic acid groups (broad SMARTS) is 1. The van der Waals surface area contributed by atoms with Crippen molar-refractivity contribution < 1.29 is 18.3 Å². The van der Waals surface area contributed by atoms with Crippen molar-refractivity contribution in [3.8, 4) is 0 Å². The summed E-state index contributed by atoms with van der Waals surface area (Å²) in [5.41, 5.74) is 0. The minimum atomic E-state index is -4.08. The second-order valence-electron chi connectivity index (χ2n) is 2.66. The highest BCUT2D eigenvalue weighted by atomic mass is 35.5. The van der Waals surface area contributed by atoms with Gasteiger partial charge in [0.2, 0.25) is 14.5 Å². The molecule has 1 atom stereocenters. The molecule has 1 rings (SSSR count). The zero-order valence-electron chi connectivity index (χ0n) is 7.22. The lowest BCUT2D eigenvalue weighted by Gasteiger charge is -2.06. The molecule has 1 aromatic carbocycles. The van der Waals surface area contributed by atoms with Gasteiger partial charge in [0, 0.05) is 5.02 Å². The molecular weight excluding hydrogens is 263 g/mol. The summed E-state index contributed by atoms with van der Waals surface area (Å²) in [7, 11) is -4.08. The van der Waals surface area contributed by atoms with Crippen LogP contribution in [0, 0.1) is 0 Å². The lowest BCUT2D eigenvalue weighted by molar-refractivity contribution is -0.134. The van der Waals surface area contributed by atoms with Crippen LogP contribution in [0.4, 0.5) is 0 Å². The van der Waals surface area contributed by atoms with Crippen molar-refractivity contribution in [1.82, 2.24) is 0 Å². The Morgan fingerprint density at radius 3 is 2.47 bits per heavy atom. The van der Waals surface area contributed by atoms with Gasteiger partial charge in [0.05, 0.1) is 4.90 Å². The fourth-order valence-electron chi connectivity index (χ4n) is 0.896. The summed E-state index contributed by atoms with van der Waals surface area (Å²) < 4.78 is 21.1. The minimum absolute atomic E-state index is 0.199. The third kappa shape index (κ3) is 2.62. The van der Waals surface area contributed by atoms with Gasteiger partial charge in [-0.2, -0.15) is 0 Å². The molecule has 15 heavy (non-hydrogen) atoms. The standard InChI is InChI=1S/C8H6Cl2O4S/c9-5-2-1-3-6(4-5)15(13,14)7(10)8(11)12/h1-4,7H,(H,11,12). The Bertz CT molecular complexity index is 483. The number of benzene rings is 1. The van der Waals surface area contributed by atoms with Crippen LogP contribution in [0.3, 0.4) is 0 Å². The Hall–Kier alpha value is -0.780. The third-order valence-electron chi connectivity index (χ3n) is 1.59. The number of hydrogen-bond acceptors (Lipinski definition) is 3. The molecule has 0 radical (unpaired) electrons. The van der Waals surface area contributed by atoms with Crippen LogP contribution in [0.1, 0.15) is 0 Å². The van der Waals surface area contributed by atoms with Gasteiger partial charge >= 0.3 is 5.97 Å². The van der Waals surface area contributed by atoms with Gasteiger partial charge in [-0.1, -0.05) is 29.3 Å². The maximum Gasteiger partial charge on any atom is 0.337 e. The van der Waals surface area contributed by atoms with Gasteiger partial charge in [0.1, 0.15) is 0 Å². The van der Waals surface area contributed by atoms with Crippen LogP contribution in [0.2, 0.25) is 5.02 Å². The molecule has 0 heterocycles. The normalized spacial score (nSPS) is 13.5. The first-order chi connectivity index (χ1) is 6.85. The molecule has 0 aliphatic heterocycles. The first-order valence-corrected chi connectivity index (χ1v) is 6.08. The molecule has 0 saturated heterocycles. The maximum atomic E-state index is 11.6. The molecule has 82 valence electrons. The van der Waals surface area contributed by atoms with Gasteiger partial charge < -0.3 is 5.11 Å². The molecule has 0 spiro atoms. The lowest BCUT2D eigenvalue weighted by atomic mass is 10.4. The molecule has 7 heteroatoms. The summed E-state index contributed by atoms with van der Waals surface area (Å²) >= 11 is 10.8. The zero-order chi connectivity index (χ0) is 11.6.